The molecule has 0 unspecified atom stereocenters. The third-order valence-corrected chi connectivity index (χ3v) is 5.37. The Morgan fingerprint density at radius 2 is 1.90 bits per heavy atom. The highest BCUT2D eigenvalue weighted by atomic mass is 35.5. The summed E-state index contributed by atoms with van der Waals surface area (Å²) in [7, 11) is 0. The van der Waals surface area contributed by atoms with Gasteiger partial charge in [-0.25, -0.2) is 4.98 Å². The third kappa shape index (κ3) is 3.87. The minimum Gasteiger partial charge on any atom is -0.436 e. The van der Waals surface area contributed by atoms with Gasteiger partial charge in [0.1, 0.15) is 5.52 Å². The van der Waals surface area contributed by atoms with Crippen LogP contribution in [0.3, 0.4) is 0 Å². The molecule has 0 saturated carbocycles. The highest BCUT2D eigenvalue weighted by Crippen LogP contribution is 2.32. The van der Waals surface area contributed by atoms with Crippen LogP contribution in [-0.2, 0) is 0 Å². The Hall–Kier alpha value is -3.71. The van der Waals surface area contributed by atoms with Crippen LogP contribution in [0.5, 0.6) is 0 Å². The second-order valence-electron chi connectivity index (χ2n) is 7.30. The van der Waals surface area contributed by atoms with E-state index < -0.39 is 10.8 Å². The minimum absolute atomic E-state index is 0.0219. The van der Waals surface area contributed by atoms with Crippen LogP contribution in [0.1, 0.15) is 27.0 Å². The molecule has 1 aromatic heterocycles. The first-order valence-electron chi connectivity index (χ1n) is 9.47. The summed E-state index contributed by atoms with van der Waals surface area (Å²) in [5.41, 5.74) is 5.40. The Kier molecular flexibility index (Phi) is 5.20. The van der Waals surface area contributed by atoms with E-state index in [1.807, 2.05) is 39.0 Å². The van der Waals surface area contributed by atoms with Gasteiger partial charge in [-0.15, -0.1) is 0 Å². The summed E-state index contributed by atoms with van der Waals surface area (Å²) in [6, 6.07) is 13.1. The van der Waals surface area contributed by atoms with Crippen LogP contribution in [-0.4, -0.2) is 15.8 Å². The zero-order chi connectivity index (χ0) is 22.3. The van der Waals surface area contributed by atoms with Crippen molar-refractivity contribution in [3.05, 3.63) is 85.9 Å². The van der Waals surface area contributed by atoms with E-state index in [1.54, 1.807) is 12.1 Å². The number of aromatic nitrogens is 1. The Bertz CT molecular complexity index is 1360. The molecule has 3 aromatic carbocycles. The maximum atomic E-state index is 12.8. The van der Waals surface area contributed by atoms with E-state index in [9.17, 15) is 14.9 Å². The summed E-state index contributed by atoms with van der Waals surface area (Å²) in [5, 5.41) is 13.9. The summed E-state index contributed by atoms with van der Waals surface area (Å²) < 4.78 is 6.01. The van der Waals surface area contributed by atoms with Gasteiger partial charge in [-0.3, -0.25) is 14.9 Å². The lowest BCUT2D eigenvalue weighted by Gasteiger charge is -2.11. The highest BCUT2D eigenvalue weighted by molar-refractivity contribution is 6.34. The van der Waals surface area contributed by atoms with Gasteiger partial charge in [0.15, 0.2) is 5.58 Å². The van der Waals surface area contributed by atoms with E-state index in [-0.39, 0.29) is 16.3 Å². The highest BCUT2D eigenvalue weighted by Gasteiger charge is 2.19. The molecule has 1 amide bonds. The summed E-state index contributed by atoms with van der Waals surface area (Å²) >= 11 is 6.09. The van der Waals surface area contributed by atoms with Gasteiger partial charge in [0.05, 0.1) is 15.5 Å². The quantitative estimate of drug-likeness (QED) is 0.302. The topological polar surface area (TPSA) is 98.3 Å². The molecule has 4 rings (SSSR count). The number of benzene rings is 3. The lowest BCUT2D eigenvalue weighted by Crippen LogP contribution is -2.14. The molecule has 1 N–H and O–H groups in total. The maximum absolute atomic E-state index is 12.8. The number of oxazole rings is 1. The fourth-order valence-electron chi connectivity index (χ4n) is 3.49. The lowest BCUT2D eigenvalue weighted by atomic mass is 10.1. The number of anilines is 1. The molecule has 156 valence electrons. The second-order valence-corrected chi connectivity index (χ2v) is 7.71. The van der Waals surface area contributed by atoms with Crippen molar-refractivity contribution in [1.82, 2.24) is 4.98 Å². The zero-order valence-electron chi connectivity index (χ0n) is 17.0. The van der Waals surface area contributed by atoms with Crippen LogP contribution >= 0.6 is 11.6 Å². The maximum Gasteiger partial charge on any atom is 0.270 e. The zero-order valence-corrected chi connectivity index (χ0v) is 17.8. The molecular weight excluding hydrogens is 418 g/mol. The van der Waals surface area contributed by atoms with Gasteiger partial charge in [-0.05, 0) is 61.7 Å². The summed E-state index contributed by atoms with van der Waals surface area (Å²) in [5.74, 6) is -0.0938. The average Bonchev–Trinajstić information content (AvgIpc) is 3.13. The fourth-order valence-corrected chi connectivity index (χ4v) is 3.69. The monoisotopic (exact) mass is 435 g/mol. The molecule has 31 heavy (non-hydrogen) atoms. The van der Waals surface area contributed by atoms with Crippen molar-refractivity contribution < 1.29 is 14.1 Å². The van der Waals surface area contributed by atoms with Crippen molar-refractivity contribution >= 4 is 40.0 Å². The molecule has 0 aliphatic heterocycles. The Labute approximate surface area is 182 Å². The number of nitro groups is 1. The molecule has 0 spiro atoms. The Balaban J connectivity index is 1.70. The average molecular weight is 436 g/mol. The SMILES string of the molecule is Cc1cc(C)c2oc(-c3cccc(NC(=O)c4cc([N+](=O)[O-])ccc4Cl)c3C)nc2c1. The summed E-state index contributed by atoms with van der Waals surface area (Å²) in [4.78, 5) is 27.8. The molecule has 0 atom stereocenters. The molecule has 0 fully saturated rings. The van der Waals surface area contributed by atoms with Crippen LogP contribution in [0.25, 0.3) is 22.6 Å². The largest absolute Gasteiger partial charge is 0.436 e. The molecule has 0 radical (unpaired) electrons. The predicted octanol–water partition coefficient (Wildman–Crippen LogP) is 6.23. The van der Waals surface area contributed by atoms with Crippen molar-refractivity contribution in [2.45, 2.75) is 20.8 Å². The van der Waals surface area contributed by atoms with Crippen molar-refractivity contribution in [1.29, 1.82) is 0 Å². The lowest BCUT2D eigenvalue weighted by molar-refractivity contribution is -0.384. The van der Waals surface area contributed by atoms with Crippen LogP contribution in [0.2, 0.25) is 5.02 Å². The van der Waals surface area contributed by atoms with Crippen LogP contribution < -0.4 is 5.32 Å². The first-order valence-corrected chi connectivity index (χ1v) is 9.85. The molecule has 0 aliphatic carbocycles. The molecule has 7 nitrogen and oxygen atoms in total. The van der Waals surface area contributed by atoms with E-state index in [1.165, 1.54) is 12.1 Å². The van der Waals surface area contributed by atoms with Crippen molar-refractivity contribution in [3.63, 3.8) is 0 Å². The van der Waals surface area contributed by atoms with Gasteiger partial charge in [0.25, 0.3) is 11.6 Å². The molecule has 1 heterocycles. The summed E-state index contributed by atoms with van der Waals surface area (Å²) in [6.07, 6.45) is 0. The van der Waals surface area contributed by atoms with Gasteiger partial charge in [-0.1, -0.05) is 23.7 Å². The smallest absolute Gasteiger partial charge is 0.270 e. The van der Waals surface area contributed by atoms with Crippen molar-refractivity contribution in [2.75, 3.05) is 5.32 Å². The number of aryl methyl sites for hydroxylation is 2. The number of carbonyl (C=O) groups excluding carboxylic acids is 1. The molecule has 4 aromatic rings. The standard InChI is InChI=1S/C23H18ClN3O4/c1-12-9-13(2)21-20(10-12)26-23(31-21)16-5-4-6-19(14(16)3)25-22(28)17-11-15(27(29)30)7-8-18(17)24/h4-11H,1-3H3,(H,25,28). The van der Waals surface area contributed by atoms with Crippen LogP contribution in [0, 0.1) is 30.9 Å². The van der Waals surface area contributed by atoms with Gasteiger partial charge < -0.3 is 9.73 Å². The summed E-state index contributed by atoms with van der Waals surface area (Å²) in [6.45, 7) is 5.81. The normalized spacial score (nSPS) is 11.0. The van der Waals surface area contributed by atoms with Crippen molar-refractivity contribution in [2.24, 2.45) is 0 Å². The molecule has 0 aliphatic rings. The number of non-ortho nitro benzene ring substituents is 1. The van der Waals surface area contributed by atoms with Gasteiger partial charge in [0, 0.05) is 23.4 Å². The number of hydrogen-bond acceptors (Lipinski definition) is 5. The second kappa shape index (κ2) is 7.85. The van der Waals surface area contributed by atoms with E-state index in [0.717, 1.165) is 39.4 Å². The Morgan fingerprint density at radius 3 is 2.65 bits per heavy atom. The molecular formula is C23H18ClN3O4. The number of halogens is 1. The number of hydrogen-bond donors (Lipinski definition) is 1. The van der Waals surface area contributed by atoms with Crippen molar-refractivity contribution in [3.8, 4) is 11.5 Å². The van der Waals surface area contributed by atoms with E-state index in [0.29, 0.717) is 11.6 Å². The number of fused-ring (bicyclic) bond motifs is 1. The van der Waals surface area contributed by atoms with Crippen LogP contribution in [0.4, 0.5) is 11.4 Å². The van der Waals surface area contributed by atoms with Gasteiger partial charge >= 0.3 is 0 Å². The number of nitrogens with one attached hydrogen (secondary N) is 1. The number of carbonyl (C=O) groups is 1. The number of rotatable bonds is 4. The fraction of sp³-hybridized carbons (Fsp3) is 0.130. The number of nitrogens with zero attached hydrogens (tertiary/aromatic N) is 2. The minimum atomic E-state index is -0.573. The number of nitro benzene ring substituents is 1. The van der Waals surface area contributed by atoms with Gasteiger partial charge in [-0.2, -0.15) is 0 Å². The Morgan fingerprint density at radius 1 is 1.13 bits per heavy atom. The molecule has 8 heteroatoms. The third-order valence-electron chi connectivity index (χ3n) is 5.04. The predicted molar refractivity (Wildman–Crippen MR) is 120 cm³/mol. The first-order chi connectivity index (χ1) is 14.7. The molecule has 0 bridgehead atoms. The van der Waals surface area contributed by atoms with E-state index in [4.69, 9.17) is 16.0 Å². The van der Waals surface area contributed by atoms with Crippen LogP contribution in [0.15, 0.2) is 52.9 Å². The van der Waals surface area contributed by atoms with E-state index in [2.05, 4.69) is 10.3 Å². The first kappa shape index (κ1) is 20.6. The molecule has 0 saturated heterocycles. The number of amides is 1. The van der Waals surface area contributed by atoms with Gasteiger partial charge in [0.2, 0.25) is 5.89 Å². The van der Waals surface area contributed by atoms with E-state index >= 15 is 0 Å².